The molecule has 0 heterocycles. The molecule has 0 bridgehead atoms. The monoisotopic (exact) mass is 625 g/mol. The molecule has 220 valence electrons. The number of carbonyl (C=O) groups is 2. The molecule has 0 spiro atoms. The first kappa shape index (κ1) is 32.0. The minimum absolute atomic E-state index is 0.0262. The highest BCUT2D eigenvalue weighted by atomic mass is 35.5. The van der Waals surface area contributed by atoms with Crippen LogP contribution in [0.4, 0.5) is 10.1 Å². The van der Waals surface area contributed by atoms with Gasteiger partial charge in [0.25, 0.3) is 10.0 Å². The van der Waals surface area contributed by atoms with E-state index in [1.54, 1.807) is 25.1 Å². The third-order valence-corrected chi connectivity index (χ3v) is 8.84. The number of anilines is 1. The summed E-state index contributed by atoms with van der Waals surface area (Å²) in [6.07, 6.45) is 0.215. The Morgan fingerprint density at radius 2 is 1.59 bits per heavy atom. The number of methoxy groups -OCH3 is 2. The van der Waals surface area contributed by atoms with Crippen LogP contribution in [0.3, 0.4) is 0 Å². The lowest BCUT2D eigenvalue weighted by Crippen LogP contribution is -2.51. The summed E-state index contributed by atoms with van der Waals surface area (Å²) in [7, 11) is -0.226. The Hall–Kier alpha value is -3.54. The number of nitrogens with zero attached hydrogens (tertiary/aromatic N) is 2. The van der Waals surface area contributed by atoms with Crippen molar-refractivity contribution in [3.05, 3.63) is 82.1 Å². The molecule has 0 aliphatic rings. The standard InChI is InChI=1S/C28H30Cl2FN3O6S/c1-5-24(28(36)32-2)33(16-21-22(29)7-6-8-23(21)30)27(35)17-34(19-11-9-18(31)10-12-19)41(37,38)20-13-14-25(39-3)26(15-20)40-4/h6-15,24H,5,16-17H2,1-4H3,(H,32,36)/t24-/m0/s1. The zero-order valence-corrected chi connectivity index (χ0v) is 25.2. The number of hydrogen-bond donors (Lipinski definition) is 1. The molecule has 1 N–H and O–H groups in total. The average molecular weight is 627 g/mol. The first-order chi connectivity index (χ1) is 19.5. The van der Waals surface area contributed by atoms with Gasteiger partial charge in [-0.1, -0.05) is 36.2 Å². The summed E-state index contributed by atoms with van der Waals surface area (Å²) < 4.78 is 53.1. The van der Waals surface area contributed by atoms with Crippen LogP contribution < -0.4 is 19.1 Å². The maximum atomic E-state index is 14.0. The first-order valence-corrected chi connectivity index (χ1v) is 14.6. The van der Waals surface area contributed by atoms with Gasteiger partial charge in [0, 0.05) is 35.3 Å². The van der Waals surface area contributed by atoms with Gasteiger partial charge in [-0.25, -0.2) is 12.8 Å². The summed E-state index contributed by atoms with van der Waals surface area (Å²) in [6, 6.07) is 12.5. The predicted molar refractivity (Wildman–Crippen MR) is 156 cm³/mol. The highest BCUT2D eigenvalue weighted by Crippen LogP contribution is 2.33. The van der Waals surface area contributed by atoms with E-state index in [2.05, 4.69) is 5.32 Å². The number of nitrogens with one attached hydrogen (secondary N) is 1. The van der Waals surface area contributed by atoms with E-state index in [-0.39, 0.29) is 39.3 Å². The van der Waals surface area contributed by atoms with Crippen LogP contribution in [0.2, 0.25) is 10.0 Å². The van der Waals surface area contributed by atoms with Crippen LogP contribution in [0.1, 0.15) is 18.9 Å². The van der Waals surface area contributed by atoms with Gasteiger partial charge >= 0.3 is 0 Å². The predicted octanol–water partition coefficient (Wildman–Crippen LogP) is 4.90. The van der Waals surface area contributed by atoms with Crippen molar-refractivity contribution in [2.75, 3.05) is 32.1 Å². The number of amides is 2. The highest BCUT2D eigenvalue weighted by molar-refractivity contribution is 7.92. The number of halogens is 3. The molecule has 9 nitrogen and oxygen atoms in total. The van der Waals surface area contributed by atoms with Crippen LogP contribution in [0.5, 0.6) is 11.5 Å². The molecular formula is C28H30Cl2FN3O6S. The number of benzene rings is 3. The summed E-state index contributed by atoms with van der Waals surface area (Å²) >= 11 is 12.8. The van der Waals surface area contributed by atoms with E-state index >= 15 is 0 Å². The number of ether oxygens (including phenoxy) is 2. The van der Waals surface area contributed by atoms with Gasteiger partial charge in [-0.3, -0.25) is 13.9 Å². The van der Waals surface area contributed by atoms with Crippen molar-refractivity contribution in [1.29, 1.82) is 0 Å². The molecule has 1 atom stereocenters. The molecule has 0 unspecified atom stereocenters. The molecule has 0 saturated carbocycles. The van der Waals surface area contributed by atoms with Crippen LogP contribution in [-0.4, -0.2) is 59.0 Å². The van der Waals surface area contributed by atoms with Gasteiger partial charge < -0.3 is 19.7 Å². The zero-order chi connectivity index (χ0) is 30.3. The van der Waals surface area contributed by atoms with E-state index < -0.39 is 40.2 Å². The Kier molecular flexibility index (Phi) is 10.8. The molecule has 3 aromatic rings. The average Bonchev–Trinajstić information content (AvgIpc) is 2.96. The van der Waals surface area contributed by atoms with Crippen LogP contribution >= 0.6 is 23.2 Å². The smallest absolute Gasteiger partial charge is 0.264 e. The minimum atomic E-state index is -4.43. The van der Waals surface area contributed by atoms with Gasteiger partial charge in [0.1, 0.15) is 18.4 Å². The van der Waals surface area contributed by atoms with Crippen LogP contribution in [-0.2, 0) is 26.2 Å². The maximum Gasteiger partial charge on any atom is 0.264 e. The quantitative estimate of drug-likeness (QED) is 0.307. The Bertz CT molecular complexity index is 1480. The third kappa shape index (κ3) is 7.22. The van der Waals surface area contributed by atoms with Crippen molar-refractivity contribution in [2.24, 2.45) is 0 Å². The summed E-state index contributed by atoms with van der Waals surface area (Å²) in [6.45, 7) is 0.821. The van der Waals surface area contributed by atoms with Gasteiger partial charge in [0.2, 0.25) is 11.8 Å². The number of rotatable bonds is 12. The van der Waals surface area contributed by atoms with Gasteiger partial charge in [-0.05, 0) is 55.0 Å². The molecule has 0 fully saturated rings. The SMILES string of the molecule is CC[C@@H](C(=O)NC)N(Cc1c(Cl)cccc1Cl)C(=O)CN(c1ccc(F)cc1)S(=O)(=O)c1ccc(OC)c(OC)c1. The lowest BCUT2D eigenvalue weighted by Gasteiger charge is -2.33. The summed E-state index contributed by atoms with van der Waals surface area (Å²) in [4.78, 5) is 27.8. The Morgan fingerprint density at radius 1 is 0.976 bits per heavy atom. The molecule has 0 saturated heterocycles. The molecule has 0 aromatic heterocycles. The van der Waals surface area contributed by atoms with Crippen molar-refractivity contribution >= 4 is 50.7 Å². The second kappa shape index (κ2) is 13.9. The first-order valence-electron chi connectivity index (χ1n) is 12.4. The van der Waals surface area contributed by atoms with Crippen LogP contribution in [0.25, 0.3) is 0 Å². The van der Waals surface area contributed by atoms with E-state index in [9.17, 15) is 22.4 Å². The van der Waals surface area contributed by atoms with Gasteiger partial charge in [-0.15, -0.1) is 0 Å². The molecule has 2 amide bonds. The zero-order valence-electron chi connectivity index (χ0n) is 22.9. The molecule has 0 aliphatic heterocycles. The molecule has 3 rings (SSSR count). The van der Waals surface area contributed by atoms with Gasteiger partial charge in [-0.2, -0.15) is 0 Å². The number of carbonyl (C=O) groups excluding carboxylic acids is 2. The second-order valence-corrected chi connectivity index (χ2v) is 11.4. The largest absolute Gasteiger partial charge is 0.493 e. The third-order valence-electron chi connectivity index (χ3n) is 6.36. The Balaban J connectivity index is 2.13. The van der Waals surface area contributed by atoms with Crippen molar-refractivity contribution in [3.8, 4) is 11.5 Å². The van der Waals surface area contributed by atoms with Crippen molar-refractivity contribution < 1.29 is 31.9 Å². The molecule has 13 heteroatoms. The number of hydrogen-bond acceptors (Lipinski definition) is 6. The normalized spacial score (nSPS) is 11.9. The van der Waals surface area contributed by atoms with Crippen molar-refractivity contribution in [1.82, 2.24) is 10.2 Å². The van der Waals surface area contributed by atoms with E-state index in [1.165, 1.54) is 56.5 Å². The van der Waals surface area contributed by atoms with Gasteiger partial charge in [0.05, 0.1) is 24.8 Å². The second-order valence-electron chi connectivity index (χ2n) is 8.77. The fourth-order valence-corrected chi connectivity index (χ4v) is 6.13. The highest BCUT2D eigenvalue weighted by Gasteiger charge is 2.34. The molecule has 41 heavy (non-hydrogen) atoms. The number of sulfonamides is 1. The van der Waals surface area contributed by atoms with Crippen molar-refractivity contribution in [2.45, 2.75) is 30.8 Å². The molecule has 3 aromatic carbocycles. The lowest BCUT2D eigenvalue weighted by atomic mass is 10.1. The maximum absolute atomic E-state index is 14.0. The number of likely N-dealkylation sites (N-methyl/N-ethyl adjacent to an activating group) is 1. The van der Waals surface area contributed by atoms with Crippen LogP contribution in [0.15, 0.2) is 65.6 Å². The summed E-state index contributed by atoms with van der Waals surface area (Å²) in [5.74, 6) is -1.32. The van der Waals surface area contributed by atoms with E-state index in [1.807, 2.05) is 0 Å². The van der Waals surface area contributed by atoms with E-state index in [0.29, 0.717) is 11.3 Å². The fraction of sp³-hybridized carbons (Fsp3) is 0.286. The molecule has 0 aliphatic carbocycles. The summed E-state index contributed by atoms with van der Waals surface area (Å²) in [5.41, 5.74) is 0.417. The van der Waals surface area contributed by atoms with E-state index in [4.69, 9.17) is 32.7 Å². The summed E-state index contributed by atoms with van der Waals surface area (Å²) in [5, 5.41) is 3.09. The van der Waals surface area contributed by atoms with Crippen molar-refractivity contribution in [3.63, 3.8) is 0 Å². The molecular weight excluding hydrogens is 596 g/mol. The Labute approximate surface area is 248 Å². The van der Waals surface area contributed by atoms with Crippen LogP contribution in [0, 0.1) is 5.82 Å². The van der Waals surface area contributed by atoms with E-state index in [0.717, 1.165) is 16.4 Å². The van der Waals surface area contributed by atoms with Gasteiger partial charge in [0.15, 0.2) is 11.5 Å². The fourth-order valence-electron chi connectivity index (χ4n) is 4.18. The topological polar surface area (TPSA) is 105 Å². The Morgan fingerprint density at radius 3 is 2.12 bits per heavy atom. The lowest BCUT2D eigenvalue weighted by molar-refractivity contribution is -0.140. The molecule has 0 radical (unpaired) electrons. The minimum Gasteiger partial charge on any atom is -0.493 e.